The topological polar surface area (TPSA) is 95.5 Å². The lowest BCUT2D eigenvalue weighted by atomic mass is 10.7. The Morgan fingerprint density at radius 1 is 1.08 bits per heavy atom. The predicted octanol–water partition coefficient (Wildman–Crippen LogP) is 0.998. The molecule has 0 saturated heterocycles. The lowest BCUT2D eigenvalue weighted by Gasteiger charge is -2.04. The van der Waals surface area contributed by atoms with Gasteiger partial charge in [0.15, 0.2) is 0 Å². The number of hydrogen-bond donors (Lipinski definition) is 0. The summed E-state index contributed by atoms with van der Waals surface area (Å²) in [6, 6.07) is 0. The monoisotopic (exact) mass is 320 g/mol. The van der Waals surface area contributed by atoms with Crippen LogP contribution >= 0.6 is 31.9 Å². The zero-order chi connectivity index (χ0) is 10.4. The van der Waals surface area contributed by atoms with Crippen molar-refractivity contribution in [2.75, 3.05) is 13.2 Å². The first-order chi connectivity index (χ1) is 5.95. The third kappa shape index (κ3) is 5.88. The van der Waals surface area contributed by atoms with Crippen molar-refractivity contribution in [3.05, 3.63) is 20.2 Å². The third-order valence-corrected chi connectivity index (χ3v) is 2.17. The van der Waals surface area contributed by atoms with E-state index in [1.807, 2.05) is 0 Å². The van der Waals surface area contributed by atoms with Gasteiger partial charge in [-0.15, -0.1) is 0 Å². The van der Waals surface area contributed by atoms with E-state index in [4.69, 9.17) is 4.74 Å². The van der Waals surface area contributed by atoms with Crippen molar-refractivity contribution in [3.63, 3.8) is 0 Å². The van der Waals surface area contributed by atoms with Crippen molar-refractivity contribution in [1.29, 1.82) is 0 Å². The van der Waals surface area contributed by atoms with Gasteiger partial charge in [-0.3, -0.25) is 20.2 Å². The average molecular weight is 322 g/mol. The first-order valence-corrected chi connectivity index (χ1v) is 4.91. The van der Waals surface area contributed by atoms with E-state index in [-0.39, 0.29) is 13.2 Å². The molecule has 0 heterocycles. The maximum absolute atomic E-state index is 10.0. The summed E-state index contributed by atoms with van der Waals surface area (Å²) in [6.07, 6.45) is 0. The highest BCUT2D eigenvalue weighted by molar-refractivity contribution is 9.09. The second-order valence-electron chi connectivity index (χ2n) is 1.98. The molecule has 0 aliphatic carbocycles. The summed E-state index contributed by atoms with van der Waals surface area (Å²) in [5, 5.41) is 20.1. The zero-order valence-corrected chi connectivity index (χ0v) is 9.43. The zero-order valence-electron chi connectivity index (χ0n) is 6.26. The number of nitrogens with zero attached hydrogens (tertiary/aromatic N) is 2. The Morgan fingerprint density at radius 2 is 1.38 bits per heavy atom. The molecule has 0 amide bonds. The van der Waals surface area contributed by atoms with Gasteiger partial charge in [-0.1, -0.05) is 0 Å². The van der Waals surface area contributed by atoms with Gasteiger partial charge >= 0.3 is 0 Å². The molecule has 0 aromatic heterocycles. The van der Waals surface area contributed by atoms with Gasteiger partial charge in [-0.05, 0) is 31.9 Å². The number of ether oxygens (including phenoxy) is 1. The molecule has 0 fully saturated rings. The maximum atomic E-state index is 10.0. The average Bonchev–Trinajstić information content (AvgIpc) is 2.03. The number of alkyl halides is 2. The van der Waals surface area contributed by atoms with Crippen molar-refractivity contribution in [1.82, 2.24) is 0 Å². The van der Waals surface area contributed by atoms with E-state index in [0.29, 0.717) is 0 Å². The van der Waals surface area contributed by atoms with Crippen LogP contribution in [-0.4, -0.2) is 33.0 Å². The Balaban J connectivity index is 3.56. The highest BCUT2D eigenvalue weighted by Gasteiger charge is 2.19. The summed E-state index contributed by atoms with van der Waals surface area (Å²) in [5.74, 6) is 0. The smallest absolute Gasteiger partial charge is 0.288 e. The van der Waals surface area contributed by atoms with Gasteiger partial charge in [0.05, 0.1) is 0 Å². The van der Waals surface area contributed by atoms with E-state index < -0.39 is 19.7 Å². The fourth-order valence-electron chi connectivity index (χ4n) is 0.384. The Morgan fingerprint density at radius 3 is 1.62 bits per heavy atom. The molecule has 0 radical (unpaired) electrons. The van der Waals surface area contributed by atoms with E-state index >= 15 is 0 Å². The highest BCUT2D eigenvalue weighted by Crippen LogP contribution is 2.04. The van der Waals surface area contributed by atoms with Gasteiger partial charge in [-0.25, -0.2) is 0 Å². The van der Waals surface area contributed by atoms with Gasteiger partial charge in [-0.2, -0.15) is 0 Å². The predicted molar refractivity (Wildman–Crippen MR) is 50.2 cm³/mol. The van der Waals surface area contributed by atoms with Crippen LogP contribution in [0.1, 0.15) is 0 Å². The molecular formula is C4H6Br2N2O5. The van der Waals surface area contributed by atoms with E-state index in [2.05, 4.69) is 31.9 Å². The van der Waals surface area contributed by atoms with Crippen LogP contribution in [0.2, 0.25) is 0 Å². The Bertz CT molecular complexity index is 181. The molecule has 0 aromatic carbocycles. The molecule has 0 N–H and O–H groups in total. The Labute approximate surface area is 90.0 Å². The molecule has 0 saturated carbocycles. The summed E-state index contributed by atoms with van der Waals surface area (Å²) in [4.78, 5) is 16.9. The van der Waals surface area contributed by atoms with Crippen molar-refractivity contribution < 1.29 is 14.6 Å². The van der Waals surface area contributed by atoms with Crippen LogP contribution in [0.3, 0.4) is 0 Å². The van der Waals surface area contributed by atoms with Crippen LogP contribution in [0.25, 0.3) is 0 Å². The number of nitro groups is 2. The number of halogens is 2. The third-order valence-electron chi connectivity index (χ3n) is 0.968. The van der Waals surface area contributed by atoms with Gasteiger partial charge in [0.1, 0.15) is 13.2 Å². The van der Waals surface area contributed by atoms with Crippen LogP contribution in [0.4, 0.5) is 0 Å². The van der Waals surface area contributed by atoms with Crippen LogP contribution in [0.5, 0.6) is 0 Å². The molecule has 2 unspecified atom stereocenters. The SMILES string of the molecule is O=[N+]([O-])C(Br)COCC(Br)[N+](=O)[O-]. The molecular weight excluding hydrogens is 316 g/mol. The van der Waals surface area contributed by atoms with Crippen LogP contribution < -0.4 is 0 Å². The number of hydrogen-bond acceptors (Lipinski definition) is 5. The fourth-order valence-corrected chi connectivity index (χ4v) is 0.758. The van der Waals surface area contributed by atoms with Crippen LogP contribution in [0.15, 0.2) is 0 Å². The standard InChI is InChI=1S/C4H6Br2N2O5/c5-3(7(9)10)1-13-2-4(6)8(11)12/h3-4H,1-2H2. The molecule has 0 aliphatic rings. The van der Waals surface area contributed by atoms with Gasteiger partial charge in [0.25, 0.3) is 9.90 Å². The van der Waals surface area contributed by atoms with E-state index in [1.165, 1.54) is 0 Å². The van der Waals surface area contributed by atoms with Crippen LogP contribution in [0, 0.1) is 20.2 Å². The van der Waals surface area contributed by atoms with Crippen molar-refractivity contribution in [3.8, 4) is 0 Å². The second-order valence-corrected chi connectivity index (χ2v) is 4.09. The first kappa shape index (κ1) is 12.7. The normalized spacial score (nSPS) is 14.9. The van der Waals surface area contributed by atoms with Gasteiger partial charge < -0.3 is 4.74 Å². The van der Waals surface area contributed by atoms with E-state index in [1.54, 1.807) is 0 Å². The minimum Gasteiger partial charge on any atom is -0.365 e. The van der Waals surface area contributed by atoms with Gasteiger partial charge in [0, 0.05) is 9.85 Å². The van der Waals surface area contributed by atoms with Crippen LogP contribution in [-0.2, 0) is 4.74 Å². The van der Waals surface area contributed by atoms with Crippen molar-refractivity contribution >= 4 is 31.9 Å². The van der Waals surface area contributed by atoms with Crippen molar-refractivity contribution in [2.45, 2.75) is 9.90 Å². The Hall–Kier alpha value is -0.280. The summed E-state index contributed by atoms with van der Waals surface area (Å²) >= 11 is 5.44. The quantitative estimate of drug-likeness (QED) is 0.315. The molecule has 0 aliphatic heterocycles. The summed E-state index contributed by atoms with van der Waals surface area (Å²) < 4.78 is 4.70. The molecule has 9 heteroatoms. The molecule has 7 nitrogen and oxygen atoms in total. The van der Waals surface area contributed by atoms with Crippen molar-refractivity contribution in [2.24, 2.45) is 0 Å². The number of rotatable bonds is 6. The highest BCUT2D eigenvalue weighted by atomic mass is 79.9. The molecule has 0 spiro atoms. The summed E-state index contributed by atoms with van der Waals surface area (Å²) in [7, 11) is 0. The summed E-state index contributed by atoms with van der Waals surface area (Å²) in [6.45, 7) is -0.411. The van der Waals surface area contributed by atoms with E-state index in [0.717, 1.165) is 0 Å². The molecule has 0 aromatic rings. The fraction of sp³-hybridized carbons (Fsp3) is 1.00. The largest absolute Gasteiger partial charge is 0.365 e. The molecule has 0 bridgehead atoms. The first-order valence-electron chi connectivity index (χ1n) is 3.08. The van der Waals surface area contributed by atoms with E-state index in [9.17, 15) is 20.2 Å². The summed E-state index contributed by atoms with van der Waals surface area (Å²) in [5.41, 5.74) is 0. The second kappa shape index (κ2) is 6.22. The lowest BCUT2D eigenvalue weighted by Crippen LogP contribution is -2.24. The lowest BCUT2D eigenvalue weighted by molar-refractivity contribution is -0.506. The molecule has 0 rings (SSSR count). The minimum atomic E-state index is -1.03. The molecule has 13 heavy (non-hydrogen) atoms. The molecule has 76 valence electrons. The maximum Gasteiger partial charge on any atom is 0.288 e. The minimum absolute atomic E-state index is 0.205. The van der Waals surface area contributed by atoms with Gasteiger partial charge in [0.2, 0.25) is 0 Å². The molecule has 2 atom stereocenters. The Kier molecular flexibility index (Phi) is 6.08.